The highest BCUT2D eigenvalue weighted by atomic mass is 16.3. The molecule has 0 bridgehead atoms. The van der Waals surface area contributed by atoms with Gasteiger partial charge in [0.15, 0.2) is 0 Å². The molecule has 14 heavy (non-hydrogen) atoms. The van der Waals surface area contributed by atoms with Gasteiger partial charge in [0.25, 0.3) is 0 Å². The predicted octanol–water partition coefficient (Wildman–Crippen LogP) is 0.689. The van der Waals surface area contributed by atoms with Crippen molar-refractivity contribution in [3.05, 3.63) is 0 Å². The number of nitrogens with one attached hydrogen (secondary N) is 1. The molecule has 2 unspecified atom stereocenters. The maximum Gasteiger partial charge on any atom is 0.0597 e. The van der Waals surface area contributed by atoms with Crippen LogP contribution >= 0.6 is 0 Å². The molecule has 0 spiro atoms. The van der Waals surface area contributed by atoms with Crippen molar-refractivity contribution in [1.29, 1.82) is 0 Å². The predicted molar refractivity (Wildman–Crippen MR) is 59.4 cm³/mol. The first-order chi connectivity index (χ1) is 6.76. The summed E-state index contributed by atoms with van der Waals surface area (Å²) in [5.41, 5.74) is 0. The highest BCUT2D eigenvalue weighted by Gasteiger charge is 2.18. The normalized spacial score (nSPS) is 26.4. The van der Waals surface area contributed by atoms with Crippen molar-refractivity contribution in [3.8, 4) is 0 Å². The third-order valence-corrected chi connectivity index (χ3v) is 2.93. The van der Waals surface area contributed by atoms with Crippen LogP contribution in [0.1, 0.15) is 26.7 Å². The summed E-state index contributed by atoms with van der Waals surface area (Å²) in [4.78, 5) is 2.47. The first kappa shape index (κ1) is 12.0. The quantitative estimate of drug-likeness (QED) is 0.685. The van der Waals surface area contributed by atoms with Gasteiger partial charge >= 0.3 is 0 Å². The second-order valence-corrected chi connectivity index (χ2v) is 4.44. The van der Waals surface area contributed by atoms with Crippen molar-refractivity contribution in [2.24, 2.45) is 5.92 Å². The zero-order valence-electron chi connectivity index (χ0n) is 9.50. The lowest BCUT2D eigenvalue weighted by molar-refractivity contribution is 0.141. The average molecular weight is 200 g/mol. The van der Waals surface area contributed by atoms with E-state index in [9.17, 15) is 0 Å². The molecule has 0 aromatic carbocycles. The van der Waals surface area contributed by atoms with E-state index in [1.54, 1.807) is 0 Å². The topological polar surface area (TPSA) is 35.5 Å². The third kappa shape index (κ3) is 3.95. The van der Waals surface area contributed by atoms with E-state index in [1.165, 1.54) is 25.9 Å². The Kier molecular flexibility index (Phi) is 5.45. The van der Waals surface area contributed by atoms with Crippen LogP contribution in [0, 0.1) is 5.92 Å². The average Bonchev–Trinajstić information content (AvgIpc) is 2.17. The van der Waals surface area contributed by atoms with Crippen molar-refractivity contribution in [2.45, 2.75) is 32.7 Å². The molecule has 1 aliphatic rings. The van der Waals surface area contributed by atoms with Crippen LogP contribution in [0.5, 0.6) is 0 Å². The second kappa shape index (κ2) is 6.38. The molecule has 1 aliphatic heterocycles. The van der Waals surface area contributed by atoms with E-state index < -0.39 is 0 Å². The highest BCUT2D eigenvalue weighted by molar-refractivity contribution is 4.75. The van der Waals surface area contributed by atoms with E-state index in [-0.39, 0.29) is 12.6 Å². The monoisotopic (exact) mass is 200 g/mol. The van der Waals surface area contributed by atoms with Gasteiger partial charge in [-0.2, -0.15) is 0 Å². The minimum Gasteiger partial charge on any atom is -0.395 e. The molecule has 84 valence electrons. The maximum atomic E-state index is 9.16. The standard InChI is InChI=1S/C11H24N2O/c1-3-12-11(9-14)8-13-6-4-5-10(2)7-13/h10-12,14H,3-9H2,1-2H3. The molecular weight excluding hydrogens is 176 g/mol. The van der Waals surface area contributed by atoms with Crippen LogP contribution < -0.4 is 5.32 Å². The highest BCUT2D eigenvalue weighted by Crippen LogP contribution is 2.15. The lowest BCUT2D eigenvalue weighted by atomic mass is 10.00. The van der Waals surface area contributed by atoms with Gasteiger partial charge in [-0.15, -0.1) is 0 Å². The summed E-state index contributed by atoms with van der Waals surface area (Å²) in [6.07, 6.45) is 2.67. The zero-order valence-corrected chi connectivity index (χ0v) is 9.50. The van der Waals surface area contributed by atoms with Gasteiger partial charge in [-0.3, -0.25) is 0 Å². The van der Waals surface area contributed by atoms with Gasteiger partial charge in [-0.1, -0.05) is 13.8 Å². The molecule has 3 nitrogen and oxygen atoms in total. The van der Waals surface area contributed by atoms with Crippen molar-refractivity contribution in [2.75, 3.05) is 32.8 Å². The van der Waals surface area contributed by atoms with Crippen molar-refractivity contribution in [3.63, 3.8) is 0 Å². The molecule has 0 aliphatic carbocycles. The van der Waals surface area contributed by atoms with Gasteiger partial charge in [0, 0.05) is 19.1 Å². The Morgan fingerprint density at radius 1 is 1.57 bits per heavy atom. The lowest BCUT2D eigenvalue weighted by Crippen LogP contribution is -2.46. The van der Waals surface area contributed by atoms with Gasteiger partial charge in [-0.05, 0) is 31.8 Å². The van der Waals surface area contributed by atoms with Crippen LogP contribution in [0.15, 0.2) is 0 Å². The fraction of sp³-hybridized carbons (Fsp3) is 1.00. The number of likely N-dealkylation sites (tertiary alicyclic amines) is 1. The van der Waals surface area contributed by atoms with Crippen LogP contribution in [-0.2, 0) is 0 Å². The van der Waals surface area contributed by atoms with E-state index in [1.807, 2.05) is 0 Å². The van der Waals surface area contributed by atoms with E-state index >= 15 is 0 Å². The second-order valence-electron chi connectivity index (χ2n) is 4.44. The lowest BCUT2D eigenvalue weighted by Gasteiger charge is -2.33. The fourth-order valence-corrected chi connectivity index (χ4v) is 2.24. The number of hydrogen-bond acceptors (Lipinski definition) is 3. The molecule has 0 radical (unpaired) electrons. The first-order valence-corrected chi connectivity index (χ1v) is 5.82. The summed E-state index contributed by atoms with van der Waals surface area (Å²) in [5.74, 6) is 0.824. The Labute approximate surface area is 87.5 Å². The Hall–Kier alpha value is -0.120. The van der Waals surface area contributed by atoms with Gasteiger partial charge in [0.1, 0.15) is 0 Å². The van der Waals surface area contributed by atoms with E-state index in [2.05, 4.69) is 24.1 Å². The number of rotatable bonds is 5. The molecule has 2 atom stereocenters. The van der Waals surface area contributed by atoms with Crippen LogP contribution in [0.25, 0.3) is 0 Å². The van der Waals surface area contributed by atoms with Crippen LogP contribution in [0.4, 0.5) is 0 Å². The number of piperidine rings is 1. The van der Waals surface area contributed by atoms with Gasteiger partial charge in [0.05, 0.1) is 6.61 Å². The third-order valence-electron chi connectivity index (χ3n) is 2.93. The molecule has 3 heteroatoms. The van der Waals surface area contributed by atoms with Gasteiger partial charge < -0.3 is 15.3 Å². The molecule has 1 heterocycles. The number of hydrogen-bond donors (Lipinski definition) is 2. The number of aliphatic hydroxyl groups excluding tert-OH is 1. The number of aliphatic hydroxyl groups is 1. The van der Waals surface area contributed by atoms with Crippen molar-refractivity contribution in [1.82, 2.24) is 10.2 Å². The van der Waals surface area contributed by atoms with Gasteiger partial charge in [-0.25, -0.2) is 0 Å². The minimum absolute atomic E-state index is 0.249. The van der Waals surface area contributed by atoms with E-state index in [0.717, 1.165) is 19.0 Å². The van der Waals surface area contributed by atoms with Gasteiger partial charge in [0.2, 0.25) is 0 Å². The summed E-state index contributed by atoms with van der Waals surface area (Å²) in [6, 6.07) is 0.255. The summed E-state index contributed by atoms with van der Waals surface area (Å²) < 4.78 is 0. The molecular formula is C11H24N2O. The first-order valence-electron chi connectivity index (χ1n) is 5.82. The molecule has 1 saturated heterocycles. The Bertz CT molecular complexity index is 152. The summed E-state index contributed by atoms with van der Waals surface area (Å²) in [7, 11) is 0. The Morgan fingerprint density at radius 3 is 2.93 bits per heavy atom. The Balaban J connectivity index is 2.26. The van der Waals surface area contributed by atoms with Crippen LogP contribution in [-0.4, -0.2) is 48.8 Å². The minimum atomic E-state index is 0.249. The molecule has 1 rings (SSSR count). The summed E-state index contributed by atoms with van der Waals surface area (Å²) in [6.45, 7) is 8.98. The fourth-order valence-electron chi connectivity index (χ4n) is 2.24. The molecule has 2 N–H and O–H groups in total. The molecule has 0 aromatic rings. The zero-order chi connectivity index (χ0) is 10.4. The Morgan fingerprint density at radius 2 is 2.36 bits per heavy atom. The SMILES string of the molecule is CCNC(CO)CN1CCCC(C)C1. The van der Waals surface area contributed by atoms with Crippen molar-refractivity contribution < 1.29 is 5.11 Å². The van der Waals surface area contributed by atoms with Crippen molar-refractivity contribution >= 4 is 0 Å². The molecule has 0 aromatic heterocycles. The van der Waals surface area contributed by atoms with Crippen LogP contribution in [0.3, 0.4) is 0 Å². The molecule has 0 saturated carbocycles. The van der Waals surface area contributed by atoms with E-state index in [0.29, 0.717) is 0 Å². The maximum absolute atomic E-state index is 9.16. The summed E-state index contributed by atoms with van der Waals surface area (Å²) in [5, 5.41) is 12.5. The number of nitrogens with zero attached hydrogens (tertiary/aromatic N) is 1. The molecule has 1 fully saturated rings. The molecule has 0 amide bonds. The number of likely N-dealkylation sites (N-methyl/N-ethyl adjacent to an activating group) is 1. The smallest absolute Gasteiger partial charge is 0.0597 e. The largest absolute Gasteiger partial charge is 0.395 e. The summed E-state index contributed by atoms with van der Waals surface area (Å²) >= 11 is 0. The van der Waals surface area contributed by atoms with E-state index in [4.69, 9.17) is 5.11 Å². The van der Waals surface area contributed by atoms with Crippen LogP contribution in [0.2, 0.25) is 0 Å².